The highest BCUT2D eigenvalue weighted by molar-refractivity contribution is 5.69. The Morgan fingerprint density at radius 3 is 1.57 bits per heavy atom. The third kappa shape index (κ3) is 22.0. The molecule has 342 valence electrons. The van der Waals surface area contributed by atoms with Crippen LogP contribution in [0.3, 0.4) is 0 Å². The van der Waals surface area contributed by atoms with Crippen molar-refractivity contribution in [1.29, 1.82) is 0 Å². The predicted octanol–water partition coefficient (Wildman–Crippen LogP) is 5.12. The van der Waals surface area contributed by atoms with Gasteiger partial charge in [-0.3, -0.25) is 4.79 Å². The van der Waals surface area contributed by atoms with E-state index in [-0.39, 0.29) is 25.6 Å². The maximum Gasteiger partial charge on any atom is 0.306 e. The van der Waals surface area contributed by atoms with Crippen molar-refractivity contribution in [2.75, 3.05) is 33.0 Å². The highest BCUT2D eigenvalue weighted by Crippen LogP contribution is 2.26. The first kappa shape index (κ1) is 52.9. The second-order valence-electron chi connectivity index (χ2n) is 16.2. The van der Waals surface area contributed by atoms with Crippen molar-refractivity contribution >= 4 is 5.97 Å². The third-order valence-corrected chi connectivity index (χ3v) is 11.0. The van der Waals surface area contributed by atoms with Crippen molar-refractivity contribution < 1.29 is 69.0 Å². The van der Waals surface area contributed by atoms with E-state index in [1.165, 1.54) is 89.9 Å². The Bertz CT molecular complexity index is 1020. The molecule has 0 spiro atoms. The van der Waals surface area contributed by atoms with Crippen LogP contribution in [0.5, 0.6) is 0 Å². The number of ether oxygens (including phenoxy) is 6. The van der Waals surface area contributed by atoms with Crippen LogP contribution in [-0.2, 0) is 33.2 Å². The summed E-state index contributed by atoms with van der Waals surface area (Å²) in [6.07, 6.45) is 14.5. The number of rotatable bonds is 35. The monoisotopic (exact) mass is 835 g/mol. The van der Waals surface area contributed by atoms with Crippen molar-refractivity contribution in [3.8, 4) is 0 Å². The number of carbonyl (C=O) groups is 1. The number of aliphatic hydroxyl groups excluding tert-OH is 7. The van der Waals surface area contributed by atoms with Gasteiger partial charge in [0.25, 0.3) is 0 Å². The SMILES string of the molecule is CCCCCCCCC/C=C\CCCCCCCCCC(=O)OC(COCCCCCCCC)COC1OC(COC2OC(CO)C(O)C(O)C2O)C(O)C(O)C1O. The lowest BCUT2D eigenvalue weighted by Crippen LogP contribution is -2.61. The largest absolute Gasteiger partial charge is 0.457 e. The molecule has 0 aromatic heterocycles. The molecule has 0 aromatic rings. The number of aliphatic hydroxyl groups is 7. The van der Waals surface area contributed by atoms with Gasteiger partial charge in [0, 0.05) is 13.0 Å². The van der Waals surface area contributed by atoms with Crippen molar-refractivity contribution in [3.05, 3.63) is 12.2 Å². The van der Waals surface area contributed by atoms with Gasteiger partial charge in [0.1, 0.15) is 54.9 Å². The van der Waals surface area contributed by atoms with Crippen LogP contribution in [0, 0.1) is 0 Å². The number of hydrogen-bond acceptors (Lipinski definition) is 14. The van der Waals surface area contributed by atoms with E-state index in [2.05, 4.69) is 26.0 Å². The topological polar surface area (TPSA) is 214 Å². The molecule has 2 rings (SSSR count). The Labute approximate surface area is 348 Å². The van der Waals surface area contributed by atoms with E-state index in [9.17, 15) is 40.5 Å². The first-order valence-electron chi connectivity index (χ1n) is 22.8. The van der Waals surface area contributed by atoms with Crippen molar-refractivity contribution in [3.63, 3.8) is 0 Å². The second-order valence-corrected chi connectivity index (χ2v) is 16.2. The van der Waals surface area contributed by atoms with E-state index in [1.54, 1.807) is 0 Å². The highest BCUT2D eigenvalue weighted by Gasteiger charge is 2.47. The van der Waals surface area contributed by atoms with Gasteiger partial charge in [0.05, 0.1) is 26.4 Å². The maximum absolute atomic E-state index is 12.9. The fourth-order valence-electron chi connectivity index (χ4n) is 7.22. The molecule has 0 radical (unpaired) electrons. The number of esters is 1. The first-order valence-corrected chi connectivity index (χ1v) is 22.8. The molecule has 2 fully saturated rings. The molecule has 14 heteroatoms. The summed E-state index contributed by atoms with van der Waals surface area (Å²) in [5.74, 6) is -0.383. The molecule has 58 heavy (non-hydrogen) atoms. The van der Waals surface area contributed by atoms with Crippen LogP contribution in [0.15, 0.2) is 12.2 Å². The van der Waals surface area contributed by atoms with E-state index in [0.717, 1.165) is 44.9 Å². The summed E-state index contributed by atoms with van der Waals surface area (Å²) in [7, 11) is 0. The normalized spacial score (nSPS) is 28.3. The molecule has 2 aliphatic heterocycles. The van der Waals surface area contributed by atoms with Gasteiger partial charge in [-0.1, -0.05) is 129 Å². The zero-order valence-electron chi connectivity index (χ0n) is 35.8. The van der Waals surface area contributed by atoms with Crippen LogP contribution < -0.4 is 0 Å². The minimum atomic E-state index is -1.70. The van der Waals surface area contributed by atoms with Crippen molar-refractivity contribution in [2.45, 2.75) is 229 Å². The number of allylic oxidation sites excluding steroid dienone is 2. The van der Waals surface area contributed by atoms with E-state index >= 15 is 0 Å². The Balaban J connectivity index is 1.75. The van der Waals surface area contributed by atoms with Gasteiger partial charge < -0.3 is 64.2 Å². The lowest BCUT2D eigenvalue weighted by atomic mass is 9.98. The van der Waals surface area contributed by atoms with E-state index in [4.69, 9.17) is 28.4 Å². The van der Waals surface area contributed by atoms with Gasteiger partial charge in [-0.05, 0) is 38.5 Å². The molecule has 0 amide bonds. The van der Waals surface area contributed by atoms with E-state index in [0.29, 0.717) is 13.0 Å². The van der Waals surface area contributed by atoms with E-state index in [1.807, 2.05) is 0 Å². The average Bonchev–Trinajstić information content (AvgIpc) is 3.22. The molecule has 0 aliphatic carbocycles. The van der Waals surface area contributed by atoms with Gasteiger partial charge in [0.2, 0.25) is 0 Å². The molecule has 11 atom stereocenters. The lowest BCUT2D eigenvalue weighted by Gasteiger charge is -2.42. The minimum absolute atomic E-state index is 0.0622. The first-order chi connectivity index (χ1) is 28.1. The summed E-state index contributed by atoms with van der Waals surface area (Å²) in [5.41, 5.74) is 0. The standard InChI is InChI=1S/C44H82O14/c1-3-5-7-9-11-12-13-14-15-16-17-18-19-20-21-22-23-25-27-36(46)56-33(30-53-28-26-24-10-8-6-4-2)31-54-43-42(52)40(50)38(48)35(58-43)32-55-44-41(51)39(49)37(47)34(29-45)57-44/h15-16,33-35,37-45,47-52H,3-14,17-32H2,1-2H3/b16-15-. The van der Waals surface area contributed by atoms with Gasteiger partial charge in [0.15, 0.2) is 12.6 Å². The fourth-order valence-corrected chi connectivity index (χ4v) is 7.22. The van der Waals surface area contributed by atoms with Crippen LogP contribution in [0.25, 0.3) is 0 Å². The van der Waals surface area contributed by atoms with Crippen LogP contribution in [-0.4, -0.2) is 142 Å². The molecular formula is C44H82O14. The van der Waals surface area contributed by atoms with Gasteiger partial charge in [-0.2, -0.15) is 0 Å². The van der Waals surface area contributed by atoms with Crippen LogP contribution >= 0.6 is 0 Å². The van der Waals surface area contributed by atoms with Crippen LogP contribution in [0.1, 0.15) is 162 Å². The minimum Gasteiger partial charge on any atom is -0.457 e. The van der Waals surface area contributed by atoms with E-state index < -0.39 is 80.7 Å². The summed E-state index contributed by atoms with van der Waals surface area (Å²) in [6.45, 7) is 3.62. The number of hydrogen-bond donors (Lipinski definition) is 7. The fraction of sp³-hybridized carbons (Fsp3) is 0.932. The Hall–Kier alpha value is -1.27. The zero-order valence-corrected chi connectivity index (χ0v) is 35.8. The third-order valence-electron chi connectivity index (χ3n) is 11.0. The summed E-state index contributed by atoms with van der Waals surface area (Å²) in [6, 6.07) is 0. The van der Waals surface area contributed by atoms with Gasteiger partial charge >= 0.3 is 5.97 Å². The van der Waals surface area contributed by atoms with Gasteiger partial charge in [-0.15, -0.1) is 0 Å². The molecule has 11 unspecified atom stereocenters. The van der Waals surface area contributed by atoms with Crippen LogP contribution in [0.4, 0.5) is 0 Å². The summed E-state index contributed by atoms with van der Waals surface area (Å²) in [4.78, 5) is 12.9. The zero-order chi connectivity index (χ0) is 42.4. The average molecular weight is 835 g/mol. The highest BCUT2D eigenvalue weighted by atomic mass is 16.7. The molecule has 0 aromatic carbocycles. The van der Waals surface area contributed by atoms with Crippen molar-refractivity contribution in [1.82, 2.24) is 0 Å². The molecule has 2 heterocycles. The molecule has 0 saturated carbocycles. The van der Waals surface area contributed by atoms with Crippen molar-refractivity contribution in [2.24, 2.45) is 0 Å². The Morgan fingerprint density at radius 2 is 1.02 bits per heavy atom. The molecule has 2 aliphatic rings. The molecule has 0 bridgehead atoms. The summed E-state index contributed by atoms with van der Waals surface area (Å²) in [5, 5.41) is 71.7. The quantitative estimate of drug-likeness (QED) is 0.0251. The molecule has 14 nitrogen and oxygen atoms in total. The maximum atomic E-state index is 12.9. The number of unbranched alkanes of at least 4 members (excludes halogenated alkanes) is 19. The summed E-state index contributed by atoms with van der Waals surface area (Å²) >= 11 is 0. The molecule has 2 saturated heterocycles. The summed E-state index contributed by atoms with van der Waals surface area (Å²) < 4.78 is 34.0. The Morgan fingerprint density at radius 1 is 0.552 bits per heavy atom. The Kier molecular flexibility index (Phi) is 30.4. The second kappa shape index (κ2) is 33.4. The smallest absolute Gasteiger partial charge is 0.306 e. The van der Waals surface area contributed by atoms with Crippen LogP contribution in [0.2, 0.25) is 0 Å². The lowest BCUT2D eigenvalue weighted by molar-refractivity contribution is -0.332. The predicted molar refractivity (Wildman–Crippen MR) is 220 cm³/mol. The molecule has 7 N–H and O–H groups in total. The number of carbonyl (C=O) groups excluding carboxylic acids is 1. The molecular weight excluding hydrogens is 752 g/mol. The van der Waals surface area contributed by atoms with Gasteiger partial charge in [-0.25, -0.2) is 0 Å².